The van der Waals surface area contributed by atoms with E-state index in [0.717, 1.165) is 44.6 Å². The molecule has 2 heterocycles. The van der Waals surface area contributed by atoms with Crippen LogP contribution in [-0.2, 0) is 0 Å². The molecule has 0 aliphatic carbocycles. The summed E-state index contributed by atoms with van der Waals surface area (Å²) in [5, 5.41) is 19.2. The fourth-order valence-electron chi connectivity index (χ4n) is 3.76. The van der Waals surface area contributed by atoms with Crippen LogP contribution in [0.2, 0.25) is 0 Å². The SMILES string of the molecule is O=C(c1ccc(F)c(F)c1)N1C[C@@H](CN2CCC(O)CC2)[C@@H](CO)C1. The van der Waals surface area contributed by atoms with Crippen LogP contribution in [0.25, 0.3) is 0 Å². The first-order chi connectivity index (χ1) is 12.0. The summed E-state index contributed by atoms with van der Waals surface area (Å²) >= 11 is 0. The summed E-state index contributed by atoms with van der Waals surface area (Å²) in [7, 11) is 0. The fraction of sp³-hybridized carbons (Fsp3) is 0.611. The standard InChI is InChI=1S/C18H24F2N2O3/c19-16-2-1-12(7-17(16)20)18(25)22-9-13(14(10-22)11-23)8-21-5-3-15(24)4-6-21/h1-2,7,13-15,23-24H,3-6,8-11H2/t13-,14-/m1/s1. The summed E-state index contributed by atoms with van der Waals surface area (Å²) in [6.45, 7) is 3.28. The molecule has 25 heavy (non-hydrogen) atoms. The summed E-state index contributed by atoms with van der Waals surface area (Å²) in [5.41, 5.74) is 0.123. The Kier molecular flexibility index (Phi) is 5.66. The number of aliphatic hydroxyl groups is 2. The van der Waals surface area contributed by atoms with E-state index in [4.69, 9.17) is 0 Å². The van der Waals surface area contributed by atoms with Gasteiger partial charge in [0.25, 0.3) is 5.91 Å². The van der Waals surface area contributed by atoms with E-state index >= 15 is 0 Å². The molecule has 138 valence electrons. The first kappa shape index (κ1) is 18.2. The number of rotatable bonds is 4. The van der Waals surface area contributed by atoms with E-state index in [1.165, 1.54) is 6.07 Å². The van der Waals surface area contributed by atoms with Gasteiger partial charge in [0.1, 0.15) is 0 Å². The minimum atomic E-state index is -1.04. The van der Waals surface area contributed by atoms with Gasteiger partial charge in [-0.1, -0.05) is 0 Å². The van der Waals surface area contributed by atoms with Crippen molar-refractivity contribution in [3.05, 3.63) is 35.4 Å². The second-order valence-corrected chi connectivity index (χ2v) is 7.07. The van der Waals surface area contributed by atoms with Crippen molar-refractivity contribution in [1.29, 1.82) is 0 Å². The van der Waals surface area contributed by atoms with Crippen LogP contribution in [0.5, 0.6) is 0 Å². The summed E-state index contributed by atoms with van der Waals surface area (Å²) in [5.74, 6) is -2.24. The van der Waals surface area contributed by atoms with Gasteiger partial charge in [0, 0.05) is 50.8 Å². The molecule has 0 bridgehead atoms. The van der Waals surface area contributed by atoms with E-state index in [2.05, 4.69) is 4.90 Å². The van der Waals surface area contributed by atoms with Gasteiger partial charge in [0.15, 0.2) is 11.6 Å². The van der Waals surface area contributed by atoms with Gasteiger partial charge < -0.3 is 20.0 Å². The highest BCUT2D eigenvalue weighted by molar-refractivity contribution is 5.94. The number of amides is 1. The van der Waals surface area contributed by atoms with E-state index in [9.17, 15) is 23.8 Å². The van der Waals surface area contributed by atoms with E-state index in [1.807, 2.05) is 0 Å². The topological polar surface area (TPSA) is 64.0 Å². The van der Waals surface area contributed by atoms with Gasteiger partial charge >= 0.3 is 0 Å². The molecule has 7 heteroatoms. The van der Waals surface area contributed by atoms with Crippen LogP contribution in [0, 0.1) is 23.5 Å². The number of benzene rings is 1. The van der Waals surface area contributed by atoms with Crippen molar-refractivity contribution in [2.24, 2.45) is 11.8 Å². The van der Waals surface area contributed by atoms with E-state index in [-0.39, 0.29) is 36.0 Å². The van der Waals surface area contributed by atoms with Gasteiger partial charge in [0.2, 0.25) is 0 Å². The second-order valence-electron chi connectivity index (χ2n) is 7.07. The molecular weight excluding hydrogens is 330 g/mol. The number of hydrogen-bond acceptors (Lipinski definition) is 4. The van der Waals surface area contributed by atoms with Crippen LogP contribution in [0.1, 0.15) is 23.2 Å². The number of halogens is 2. The second kappa shape index (κ2) is 7.76. The zero-order valence-electron chi connectivity index (χ0n) is 14.1. The minimum Gasteiger partial charge on any atom is -0.396 e. The number of likely N-dealkylation sites (tertiary alicyclic amines) is 2. The molecule has 2 saturated heterocycles. The smallest absolute Gasteiger partial charge is 0.253 e. The van der Waals surface area contributed by atoms with Gasteiger partial charge in [-0.2, -0.15) is 0 Å². The van der Waals surface area contributed by atoms with Crippen molar-refractivity contribution in [3.63, 3.8) is 0 Å². The Balaban J connectivity index is 1.64. The Labute approximate surface area is 145 Å². The zero-order chi connectivity index (χ0) is 18.0. The number of piperidine rings is 1. The quantitative estimate of drug-likeness (QED) is 0.850. The van der Waals surface area contributed by atoms with E-state index in [1.54, 1.807) is 4.90 Å². The lowest BCUT2D eigenvalue weighted by Gasteiger charge is -2.32. The number of aliphatic hydroxyl groups excluding tert-OH is 2. The van der Waals surface area contributed by atoms with E-state index < -0.39 is 11.6 Å². The molecule has 2 fully saturated rings. The first-order valence-corrected chi connectivity index (χ1v) is 8.73. The predicted molar refractivity (Wildman–Crippen MR) is 88.0 cm³/mol. The van der Waals surface area contributed by atoms with Gasteiger partial charge in [-0.05, 0) is 37.0 Å². The van der Waals surface area contributed by atoms with Gasteiger partial charge in [-0.15, -0.1) is 0 Å². The molecule has 2 aliphatic rings. The molecule has 1 amide bonds. The maximum absolute atomic E-state index is 13.4. The van der Waals surface area contributed by atoms with Crippen molar-refractivity contribution >= 4 is 5.91 Å². The lowest BCUT2D eigenvalue weighted by molar-refractivity contribution is 0.0679. The monoisotopic (exact) mass is 354 g/mol. The Morgan fingerprint density at radius 3 is 2.44 bits per heavy atom. The van der Waals surface area contributed by atoms with Crippen LogP contribution in [0.4, 0.5) is 8.78 Å². The zero-order valence-corrected chi connectivity index (χ0v) is 14.1. The Morgan fingerprint density at radius 1 is 1.12 bits per heavy atom. The van der Waals surface area contributed by atoms with Crippen molar-refractivity contribution in [1.82, 2.24) is 9.80 Å². The maximum atomic E-state index is 13.4. The number of carbonyl (C=O) groups is 1. The molecule has 3 rings (SSSR count). The van der Waals surface area contributed by atoms with Crippen LogP contribution in [0.15, 0.2) is 18.2 Å². The molecule has 0 radical (unpaired) electrons. The predicted octanol–water partition coefficient (Wildman–Crippen LogP) is 1.10. The summed E-state index contributed by atoms with van der Waals surface area (Å²) in [6, 6.07) is 3.16. The molecule has 0 spiro atoms. The van der Waals surface area contributed by atoms with Crippen molar-refractivity contribution in [2.45, 2.75) is 18.9 Å². The fourth-order valence-corrected chi connectivity index (χ4v) is 3.76. The summed E-state index contributed by atoms with van der Waals surface area (Å²) < 4.78 is 26.4. The number of hydrogen-bond donors (Lipinski definition) is 2. The highest BCUT2D eigenvalue weighted by Gasteiger charge is 2.36. The molecule has 1 aromatic rings. The van der Waals surface area contributed by atoms with Gasteiger partial charge in [0.05, 0.1) is 6.10 Å². The van der Waals surface area contributed by atoms with Crippen molar-refractivity contribution < 1.29 is 23.8 Å². The minimum absolute atomic E-state index is 0.0112. The molecule has 5 nitrogen and oxygen atoms in total. The molecule has 0 unspecified atom stereocenters. The van der Waals surface area contributed by atoms with Crippen LogP contribution < -0.4 is 0 Å². The van der Waals surface area contributed by atoms with E-state index in [0.29, 0.717) is 13.1 Å². The normalized spacial score (nSPS) is 25.5. The summed E-state index contributed by atoms with van der Waals surface area (Å²) in [4.78, 5) is 16.4. The van der Waals surface area contributed by atoms with Crippen molar-refractivity contribution in [2.75, 3.05) is 39.3 Å². The highest BCUT2D eigenvalue weighted by Crippen LogP contribution is 2.27. The van der Waals surface area contributed by atoms with Gasteiger partial charge in [-0.25, -0.2) is 8.78 Å². The van der Waals surface area contributed by atoms with Crippen LogP contribution >= 0.6 is 0 Å². The first-order valence-electron chi connectivity index (χ1n) is 8.73. The molecular formula is C18H24F2N2O3. The molecule has 0 saturated carbocycles. The molecule has 2 N–H and O–H groups in total. The molecule has 2 atom stereocenters. The number of nitrogens with zero attached hydrogens (tertiary/aromatic N) is 2. The maximum Gasteiger partial charge on any atom is 0.253 e. The average Bonchev–Trinajstić information content (AvgIpc) is 3.01. The third-order valence-corrected chi connectivity index (χ3v) is 5.31. The van der Waals surface area contributed by atoms with Gasteiger partial charge in [-0.3, -0.25) is 4.79 Å². The molecule has 0 aromatic heterocycles. The number of carbonyl (C=O) groups excluding carboxylic acids is 1. The van der Waals surface area contributed by atoms with Crippen molar-refractivity contribution in [3.8, 4) is 0 Å². The molecule has 2 aliphatic heterocycles. The van der Waals surface area contributed by atoms with Crippen LogP contribution in [0.3, 0.4) is 0 Å². The lowest BCUT2D eigenvalue weighted by atomic mass is 9.95. The third-order valence-electron chi connectivity index (χ3n) is 5.31. The lowest BCUT2D eigenvalue weighted by Crippen LogP contribution is -2.40. The highest BCUT2D eigenvalue weighted by atomic mass is 19.2. The Hall–Kier alpha value is -1.57. The summed E-state index contributed by atoms with van der Waals surface area (Å²) in [6.07, 6.45) is 1.25. The third kappa shape index (κ3) is 4.16. The largest absolute Gasteiger partial charge is 0.396 e. The Bertz CT molecular complexity index is 620. The average molecular weight is 354 g/mol. The Morgan fingerprint density at radius 2 is 1.80 bits per heavy atom. The molecule has 1 aromatic carbocycles. The van der Waals surface area contributed by atoms with Crippen LogP contribution in [-0.4, -0.2) is 71.4 Å².